The van der Waals surface area contributed by atoms with Crippen LogP contribution in [0.25, 0.3) is 0 Å². The number of hydrogen-bond acceptors (Lipinski definition) is 2. The molecular formula is C6H6O4. The molecule has 0 saturated carbocycles. The highest BCUT2D eigenvalue weighted by Gasteiger charge is 1.97. The summed E-state index contributed by atoms with van der Waals surface area (Å²) in [6.45, 7) is 3.08. The van der Waals surface area contributed by atoms with Crippen molar-refractivity contribution in [2.45, 2.75) is 0 Å². The van der Waals surface area contributed by atoms with Gasteiger partial charge in [-0.05, 0) is 6.08 Å². The molecule has 0 heterocycles. The van der Waals surface area contributed by atoms with E-state index in [1.54, 1.807) is 0 Å². The van der Waals surface area contributed by atoms with Crippen LogP contribution in [-0.2, 0) is 9.59 Å². The molecule has 10 heavy (non-hydrogen) atoms. The summed E-state index contributed by atoms with van der Waals surface area (Å²) in [6.07, 6.45) is 1.64. The van der Waals surface area contributed by atoms with Crippen LogP contribution in [0.2, 0.25) is 0 Å². The van der Waals surface area contributed by atoms with Gasteiger partial charge in [-0.3, -0.25) is 0 Å². The Morgan fingerprint density at radius 1 is 1.20 bits per heavy atom. The van der Waals surface area contributed by atoms with Crippen molar-refractivity contribution in [3.05, 3.63) is 24.3 Å². The van der Waals surface area contributed by atoms with Crippen molar-refractivity contribution in [2.75, 3.05) is 0 Å². The van der Waals surface area contributed by atoms with Gasteiger partial charge in [0.15, 0.2) is 0 Å². The van der Waals surface area contributed by atoms with Crippen LogP contribution in [0, 0.1) is 0 Å². The van der Waals surface area contributed by atoms with E-state index in [1.165, 1.54) is 0 Å². The average Bonchev–Trinajstić information content (AvgIpc) is 1.82. The molecule has 54 valence electrons. The number of carboxylic acids is 2. The van der Waals surface area contributed by atoms with Gasteiger partial charge in [0, 0.05) is 6.08 Å². The van der Waals surface area contributed by atoms with Gasteiger partial charge in [0.05, 0.1) is 5.57 Å². The van der Waals surface area contributed by atoms with Crippen molar-refractivity contribution in [3.63, 3.8) is 0 Å². The van der Waals surface area contributed by atoms with Gasteiger partial charge in [0.2, 0.25) is 0 Å². The van der Waals surface area contributed by atoms with Gasteiger partial charge < -0.3 is 10.2 Å². The lowest BCUT2D eigenvalue weighted by molar-refractivity contribution is -0.132. The highest BCUT2D eigenvalue weighted by molar-refractivity contribution is 5.91. The SMILES string of the molecule is C=C(C=CC(=O)O)C(=O)O. The van der Waals surface area contributed by atoms with Gasteiger partial charge >= 0.3 is 11.9 Å². The van der Waals surface area contributed by atoms with Crippen LogP contribution in [0.5, 0.6) is 0 Å². The van der Waals surface area contributed by atoms with Crippen LogP contribution in [-0.4, -0.2) is 22.2 Å². The maximum Gasteiger partial charge on any atom is 0.335 e. The second-order valence-corrected chi connectivity index (χ2v) is 1.50. The third-order valence-electron chi connectivity index (χ3n) is 0.702. The highest BCUT2D eigenvalue weighted by Crippen LogP contribution is 1.90. The Balaban J connectivity index is 4.03. The molecule has 0 saturated heterocycles. The topological polar surface area (TPSA) is 74.6 Å². The van der Waals surface area contributed by atoms with Crippen LogP contribution in [0.1, 0.15) is 0 Å². The Bertz CT molecular complexity index is 202. The number of hydrogen-bond donors (Lipinski definition) is 2. The normalized spacial score (nSPS) is 9.60. The zero-order chi connectivity index (χ0) is 8.15. The molecule has 2 N–H and O–H groups in total. The van der Waals surface area contributed by atoms with E-state index in [0.717, 1.165) is 12.2 Å². The van der Waals surface area contributed by atoms with Crippen molar-refractivity contribution < 1.29 is 19.8 Å². The Kier molecular flexibility index (Phi) is 2.90. The summed E-state index contributed by atoms with van der Waals surface area (Å²) in [5.41, 5.74) is -0.248. The van der Waals surface area contributed by atoms with Gasteiger partial charge in [0.1, 0.15) is 0 Å². The van der Waals surface area contributed by atoms with Crippen molar-refractivity contribution >= 4 is 11.9 Å². The molecule has 0 aromatic heterocycles. The predicted molar refractivity (Wildman–Crippen MR) is 33.6 cm³/mol. The standard InChI is InChI=1S/C6H6O4/c1-4(6(9)10)2-3-5(7)8/h2-3H,1H2,(H,7,8)(H,9,10). The average molecular weight is 142 g/mol. The molecule has 4 heteroatoms. The lowest BCUT2D eigenvalue weighted by atomic mass is 10.3. The van der Waals surface area contributed by atoms with Crippen LogP contribution < -0.4 is 0 Å². The first-order valence-electron chi connectivity index (χ1n) is 2.37. The zero-order valence-corrected chi connectivity index (χ0v) is 5.07. The van der Waals surface area contributed by atoms with Crippen LogP contribution in [0.3, 0.4) is 0 Å². The first-order valence-corrected chi connectivity index (χ1v) is 2.37. The van der Waals surface area contributed by atoms with Crippen molar-refractivity contribution in [2.24, 2.45) is 0 Å². The van der Waals surface area contributed by atoms with E-state index in [9.17, 15) is 9.59 Å². The van der Waals surface area contributed by atoms with E-state index >= 15 is 0 Å². The fraction of sp³-hybridized carbons (Fsp3) is 0. The van der Waals surface area contributed by atoms with Crippen LogP contribution in [0.15, 0.2) is 24.3 Å². The smallest absolute Gasteiger partial charge is 0.335 e. The van der Waals surface area contributed by atoms with Crippen LogP contribution in [0.4, 0.5) is 0 Å². The van der Waals surface area contributed by atoms with Crippen molar-refractivity contribution in [1.29, 1.82) is 0 Å². The minimum atomic E-state index is -1.22. The molecule has 0 fully saturated rings. The summed E-state index contributed by atoms with van der Waals surface area (Å²) in [5, 5.41) is 16.2. The van der Waals surface area contributed by atoms with Crippen molar-refractivity contribution in [1.82, 2.24) is 0 Å². The Labute approximate surface area is 57.1 Å². The third-order valence-corrected chi connectivity index (χ3v) is 0.702. The van der Waals surface area contributed by atoms with Gasteiger partial charge in [-0.25, -0.2) is 9.59 Å². The lowest BCUT2D eigenvalue weighted by Gasteiger charge is -1.85. The van der Waals surface area contributed by atoms with E-state index in [2.05, 4.69) is 6.58 Å². The maximum absolute atomic E-state index is 9.97. The second kappa shape index (κ2) is 3.45. The maximum atomic E-state index is 9.97. The minimum Gasteiger partial charge on any atom is -0.478 e. The molecule has 0 radical (unpaired) electrons. The predicted octanol–water partition coefficient (Wildman–Crippen LogP) is 0.268. The Hall–Kier alpha value is -1.58. The quantitative estimate of drug-likeness (QED) is 0.438. The molecule has 0 aliphatic rings. The van der Waals surface area contributed by atoms with Gasteiger partial charge in [-0.1, -0.05) is 6.58 Å². The first-order chi connectivity index (χ1) is 4.54. The number of rotatable bonds is 3. The van der Waals surface area contributed by atoms with E-state index in [1.807, 2.05) is 0 Å². The summed E-state index contributed by atoms with van der Waals surface area (Å²) in [6, 6.07) is 0. The van der Waals surface area contributed by atoms with Gasteiger partial charge in [-0.15, -0.1) is 0 Å². The van der Waals surface area contributed by atoms with Crippen LogP contribution >= 0.6 is 0 Å². The summed E-state index contributed by atoms with van der Waals surface area (Å²) in [5.74, 6) is -2.42. The third kappa shape index (κ3) is 3.43. The molecule has 0 bridgehead atoms. The number of carboxylic acid groups (broad SMARTS) is 2. The molecule has 0 aliphatic heterocycles. The Morgan fingerprint density at radius 2 is 1.70 bits per heavy atom. The van der Waals surface area contributed by atoms with Gasteiger partial charge in [0.25, 0.3) is 0 Å². The zero-order valence-electron chi connectivity index (χ0n) is 5.07. The molecule has 0 atom stereocenters. The molecule has 0 aliphatic carbocycles. The summed E-state index contributed by atoms with van der Waals surface area (Å²) in [4.78, 5) is 19.8. The molecule has 0 aromatic rings. The summed E-state index contributed by atoms with van der Waals surface area (Å²) < 4.78 is 0. The fourth-order valence-corrected chi connectivity index (χ4v) is 0.243. The summed E-state index contributed by atoms with van der Waals surface area (Å²) in [7, 11) is 0. The van der Waals surface area contributed by atoms with Gasteiger partial charge in [-0.2, -0.15) is 0 Å². The highest BCUT2D eigenvalue weighted by atomic mass is 16.4. The largest absolute Gasteiger partial charge is 0.478 e. The first kappa shape index (κ1) is 8.42. The molecule has 0 amide bonds. The summed E-state index contributed by atoms with van der Waals surface area (Å²) >= 11 is 0. The fourth-order valence-electron chi connectivity index (χ4n) is 0.243. The lowest BCUT2D eigenvalue weighted by Crippen LogP contribution is -1.96. The molecule has 4 nitrogen and oxygen atoms in total. The molecule has 0 rings (SSSR count). The second-order valence-electron chi connectivity index (χ2n) is 1.50. The number of aliphatic carboxylic acids is 2. The molecular weight excluding hydrogens is 136 g/mol. The molecule has 0 aromatic carbocycles. The van der Waals surface area contributed by atoms with E-state index in [0.29, 0.717) is 0 Å². The van der Waals surface area contributed by atoms with Crippen molar-refractivity contribution in [3.8, 4) is 0 Å². The minimum absolute atomic E-state index is 0.248. The monoisotopic (exact) mass is 142 g/mol. The van der Waals surface area contributed by atoms with E-state index < -0.39 is 11.9 Å². The molecule has 0 unspecified atom stereocenters. The van der Waals surface area contributed by atoms with E-state index in [4.69, 9.17) is 10.2 Å². The van der Waals surface area contributed by atoms with E-state index in [-0.39, 0.29) is 5.57 Å². The number of carbonyl (C=O) groups is 2. The molecule has 0 spiro atoms. The Morgan fingerprint density at radius 3 is 2.00 bits per heavy atom.